The maximum Gasteiger partial charge on any atom is 0.305 e. The normalized spacial score (nSPS) is 12.1. The largest absolute Gasteiger partial charge is 0.481 e. The number of hydrogen-bond donors (Lipinski definition) is 1. The molecule has 0 amide bonds. The van der Waals surface area contributed by atoms with E-state index < -0.39 is 5.97 Å². The van der Waals surface area contributed by atoms with E-state index in [4.69, 9.17) is 9.84 Å². The number of carboxylic acids is 1. The van der Waals surface area contributed by atoms with Crippen molar-refractivity contribution in [2.75, 3.05) is 31.7 Å². The molecule has 0 spiro atoms. The zero-order chi connectivity index (χ0) is 13.4. The minimum absolute atomic E-state index is 0.147. The number of aliphatic carboxylic acids is 1. The molecule has 18 heavy (non-hydrogen) atoms. The first-order chi connectivity index (χ1) is 8.63. The van der Waals surface area contributed by atoms with Crippen molar-refractivity contribution in [3.63, 3.8) is 0 Å². The van der Waals surface area contributed by atoms with Gasteiger partial charge < -0.3 is 14.7 Å². The molecule has 4 nitrogen and oxygen atoms in total. The lowest BCUT2D eigenvalue weighted by Gasteiger charge is -2.27. The summed E-state index contributed by atoms with van der Waals surface area (Å²) in [5.74, 6) is -0.403. The summed E-state index contributed by atoms with van der Waals surface area (Å²) in [6.07, 6.45) is 0.147. The second-order valence-corrected chi connectivity index (χ2v) is 4.49. The predicted molar refractivity (Wildman–Crippen MR) is 71.9 cm³/mol. The molecule has 0 aliphatic carbocycles. The van der Waals surface area contributed by atoms with E-state index in [1.807, 2.05) is 30.3 Å². The van der Waals surface area contributed by atoms with Gasteiger partial charge in [-0.3, -0.25) is 4.79 Å². The molecule has 0 saturated heterocycles. The third kappa shape index (κ3) is 5.19. The zero-order valence-electron chi connectivity index (χ0n) is 11.0. The smallest absolute Gasteiger partial charge is 0.305 e. The van der Waals surface area contributed by atoms with Gasteiger partial charge in [0.05, 0.1) is 13.0 Å². The van der Waals surface area contributed by atoms with Crippen molar-refractivity contribution in [2.24, 2.45) is 5.92 Å². The summed E-state index contributed by atoms with van der Waals surface area (Å²) in [5.41, 5.74) is 1.06. The summed E-state index contributed by atoms with van der Waals surface area (Å²) >= 11 is 0. The number of hydrogen-bond acceptors (Lipinski definition) is 3. The molecule has 4 heteroatoms. The van der Waals surface area contributed by atoms with E-state index in [0.29, 0.717) is 19.1 Å². The van der Waals surface area contributed by atoms with Crippen LogP contribution in [0, 0.1) is 5.92 Å². The average molecular weight is 251 g/mol. The number of para-hydroxylation sites is 1. The highest BCUT2D eigenvalue weighted by atomic mass is 16.5. The summed E-state index contributed by atoms with van der Waals surface area (Å²) in [4.78, 5) is 12.8. The molecule has 0 radical (unpaired) electrons. The number of rotatable bonds is 8. The van der Waals surface area contributed by atoms with Crippen LogP contribution in [0.15, 0.2) is 30.3 Å². The minimum Gasteiger partial charge on any atom is -0.481 e. The summed E-state index contributed by atoms with van der Waals surface area (Å²) in [5, 5.41) is 8.80. The molecular weight excluding hydrogens is 230 g/mol. The summed E-state index contributed by atoms with van der Waals surface area (Å²) in [7, 11) is 1.68. The van der Waals surface area contributed by atoms with Crippen LogP contribution in [0.1, 0.15) is 13.3 Å². The van der Waals surface area contributed by atoms with Gasteiger partial charge in [0.1, 0.15) is 0 Å². The van der Waals surface area contributed by atoms with Gasteiger partial charge in [-0.2, -0.15) is 0 Å². The van der Waals surface area contributed by atoms with E-state index in [2.05, 4.69) is 11.8 Å². The summed E-state index contributed by atoms with van der Waals surface area (Å²) in [6, 6.07) is 9.88. The highest BCUT2D eigenvalue weighted by molar-refractivity contribution is 5.67. The zero-order valence-corrected chi connectivity index (χ0v) is 11.0. The second kappa shape index (κ2) is 7.71. The maximum absolute atomic E-state index is 10.7. The van der Waals surface area contributed by atoms with Crippen LogP contribution in [-0.4, -0.2) is 37.9 Å². The lowest BCUT2D eigenvalue weighted by Crippen LogP contribution is -2.32. The fourth-order valence-electron chi connectivity index (χ4n) is 1.91. The Balaban J connectivity index is 2.66. The topological polar surface area (TPSA) is 49.8 Å². The summed E-state index contributed by atoms with van der Waals surface area (Å²) < 4.78 is 5.12. The van der Waals surface area contributed by atoms with Crippen LogP contribution in [0.5, 0.6) is 0 Å². The molecule has 1 rings (SSSR count). The fraction of sp³-hybridized carbons (Fsp3) is 0.500. The first kappa shape index (κ1) is 14.5. The van der Waals surface area contributed by atoms with E-state index in [1.54, 1.807) is 7.11 Å². The van der Waals surface area contributed by atoms with Gasteiger partial charge in [-0.1, -0.05) is 25.1 Å². The number of benzene rings is 1. The average Bonchev–Trinajstić information content (AvgIpc) is 2.35. The van der Waals surface area contributed by atoms with Crippen molar-refractivity contribution in [1.82, 2.24) is 0 Å². The van der Waals surface area contributed by atoms with E-state index in [0.717, 1.165) is 12.2 Å². The van der Waals surface area contributed by atoms with Gasteiger partial charge in [-0.05, 0) is 18.1 Å². The number of nitrogens with zero attached hydrogens (tertiary/aromatic N) is 1. The molecular formula is C14H21NO3. The minimum atomic E-state index is -0.768. The Kier molecular flexibility index (Phi) is 6.22. The fourth-order valence-corrected chi connectivity index (χ4v) is 1.91. The van der Waals surface area contributed by atoms with Gasteiger partial charge in [0, 0.05) is 25.9 Å². The Morgan fingerprint density at radius 3 is 2.61 bits per heavy atom. The molecule has 0 heterocycles. The van der Waals surface area contributed by atoms with Crippen molar-refractivity contribution >= 4 is 11.7 Å². The lowest BCUT2D eigenvalue weighted by molar-refractivity contribution is -0.136. The van der Waals surface area contributed by atoms with Crippen molar-refractivity contribution in [1.29, 1.82) is 0 Å². The van der Waals surface area contributed by atoms with Gasteiger partial charge >= 0.3 is 5.97 Å². The monoisotopic (exact) mass is 251 g/mol. The quantitative estimate of drug-likeness (QED) is 0.770. The predicted octanol–water partition coefficient (Wildman–Crippen LogP) is 2.25. The van der Waals surface area contributed by atoms with Crippen LogP contribution in [0.4, 0.5) is 5.69 Å². The van der Waals surface area contributed by atoms with Gasteiger partial charge in [0.2, 0.25) is 0 Å². The molecule has 1 N–H and O–H groups in total. The molecule has 0 fully saturated rings. The Hall–Kier alpha value is -1.55. The van der Waals surface area contributed by atoms with Gasteiger partial charge in [0.15, 0.2) is 0 Å². The van der Waals surface area contributed by atoms with Crippen LogP contribution in [0.25, 0.3) is 0 Å². The first-order valence-electron chi connectivity index (χ1n) is 6.14. The molecule has 1 atom stereocenters. The highest BCUT2D eigenvalue weighted by Gasteiger charge is 2.12. The van der Waals surface area contributed by atoms with E-state index in [-0.39, 0.29) is 6.42 Å². The van der Waals surface area contributed by atoms with Crippen LogP contribution in [-0.2, 0) is 9.53 Å². The molecule has 0 bridgehead atoms. The third-order valence-electron chi connectivity index (χ3n) is 2.70. The number of ether oxygens (including phenoxy) is 1. The van der Waals surface area contributed by atoms with Crippen LogP contribution >= 0.6 is 0 Å². The molecule has 100 valence electrons. The van der Waals surface area contributed by atoms with Crippen molar-refractivity contribution in [3.8, 4) is 0 Å². The van der Waals surface area contributed by atoms with Crippen LogP contribution in [0.3, 0.4) is 0 Å². The Bertz CT molecular complexity index is 353. The van der Waals surface area contributed by atoms with Gasteiger partial charge in [0.25, 0.3) is 0 Å². The number of anilines is 1. The standard InChI is InChI=1S/C14H21NO3/c1-12(11-18-2)10-15(9-8-14(16)17)13-6-4-3-5-7-13/h3-7,12H,8-11H2,1-2H3,(H,16,17). The van der Waals surface area contributed by atoms with Crippen molar-refractivity contribution in [3.05, 3.63) is 30.3 Å². The molecule has 0 aliphatic rings. The number of carboxylic acid groups (broad SMARTS) is 1. The molecule has 0 aromatic heterocycles. The molecule has 0 aliphatic heterocycles. The maximum atomic E-state index is 10.7. The highest BCUT2D eigenvalue weighted by Crippen LogP contribution is 2.15. The molecule has 0 saturated carbocycles. The SMILES string of the molecule is COCC(C)CN(CCC(=O)O)c1ccccc1. The molecule has 1 aromatic rings. The van der Waals surface area contributed by atoms with Gasteiger partial charge in [-0.15, -0.1) is 0 Å². The number of methoxy groups -OCH3 is 1. The van der Waals surface area contributed by atoms with Crippen molar-refractivity contribution < 1.29 is 14.6 Å². The van der Waals surface area contributed by atoms with E-state index in [1.165, 1.54) is 0 Å². The van der Waals surface area contributed by atoms with E-state index >= 15 is 0 Å². The first-order valence-corrected chi connectivity index (χ1v) is 6.14. The number of carbonyl (C=O) groups is 1. The second-order valence-electron chi connectivity index (χ2n) is 4.49. The lowest BCUT2D eigenvalue weighted by atomic mass is 10.1. The van der Waals surface area contributed by atoms with Gasteiger partial charge in [-0.25, -0.2) is 0 Å². The molecule has 1 aromatic carbocycles. The third-order valence-corrected chi connectivity index (χ3v) is 2.70. The van der Waals surface area contributed by atoms with Crippen molar-refractivity contribution in [2.45, 2.75) is 13.3 Å². The van der Waals surface area contributed by atoms with Crippen LogP contribution in [0.2, 0.25) is 0 Å². The van der Waals surface area contributed by atoms with E-state index in [9.17, 15) is 4.79 Å². The Morgan fingerprint density at radius 2 is 2.06 bits per heavy atom. The van der Waals surface area contributed by atoms with Crippen LogP contribution < -0.4 is 4.90 Å². The Morgan fingerprint density at radius 1 is 1.39 bits per heavy atom. The summed E-state index contributed by atoms with van der Waals surface area (Å²) in [6.45, 7) is 4.09. The molecule has 1 unspecified atom stereocenters. The Labute approximate surface area is 108 Å².